The van der Waals surface area contributed by atoms with Crippen LogP contribution in [0.2, 0.25) is 0 Å². The molecule has 0 aromatic rings. The minimum atomic E-state index is -1.07. The average molecular weight is 201 g/mol. The highest BCUT2D eigenvalue weighted by molar-refractivity contribution is 5.88. The maximum atomic E-state index is 11.4. The van der Waals surface area contributed by atoms with Crippen molar-refractivity contribution in [3.63, 3.8) is 0 Å². The normalized spacial score (nSPS) is 21.1. The smallest absolute Gasteiger partial charge is 0.323 e. The lowest BCUT2D eigenvalue weighted by molar-refractivity contribution is -0.155. The molecule has 1 aliphatic rings. The molecule has 0 aliphatic carbocycles. The van der Waals surface area contributed by atoms with Crippen molar-refractivity contribution in [2.45, 2.75) is 19.4 Å². The van der Waals surface area contributed by atoms with E-state index in [1.807, 2.05) is 0 Å². The molecule has 78 valence electrons. The number of esters is 1. The summed E-state index contributed by atoms with van der Waals surface area (Å²) in [7, 11) is 0. The van der Waals surface area contributed by atoms with Crippen molar-refractivity contribution in [3.8, 4) is 0 Å². The fourth-order valence-corrected chi connectivity index (χ4v) is 1.34. The van der Waals surface area contributed by atoms with E-state index in [4.69, 9.17) is 9.84 Å². The zero-order valence-electron chi connectivity index (χ0n) is 7.73. The van der Waals surface area contributed by atoms with E-state index in [9.17, 15) is 14.4 Å². The molecular weight excluding hydrogens is 190 g/mol. The first-order valence-corrected chi connectivity index (χ1v) is 4.18. The van der Waals surface area contributed by atoms with Crippen LogP contribution in [-0.4, -0.2) is 47.0 Å². The first kappa shape index (κ1) is 10.5. The molecule has 1 N–H and O–H groups in total. The van der Waals surface area contributed by atoms with Crippen LogP contribution in [0.15, 0.2) is 0 Å². The first-order chi connectivity index (χ1) is 6.50. The highest BCUT2D eigenvalue weighted by atomic mass is 16.5. The standard InChI is InChI=1S/C8H11NO5/c1-5(10)14-6-2-3-9(8(6)13)4-7(11)12/h6H,2-4H2,1H3,(H,11,12). The van der Waals surface area contributed by atoms with Gasteiger partial charge in [0.1, 0.15) is 6.54 Å². The molecule has 1 saturated heterocycles. The fraction of sp³-hybridized carbons (Fsp3) is 0.625. The van der Waals surface area contributed by atoms with Crippen LogP contribution >= 0.6 is 0 Å². The summed E-state index contributed by atoms with van der Waals surface area (Å²) in [5, 5.41) is 8.46. The van der Waals surface area contributed by atoms with Crippen molar-refractivity contribution in [2.24, 2.45) is 0 Å². The lowest BCUT2D eigenvalue weighted by Gasteiger charge is -2.13. The Morgan fingerprint density at radius 3 is 2.79 bits per heavy atom. The SMILES string of the molecule is CC(=O)OC1CCN(CC(=O)O)C1=O. The predicted molar refractivity (Wildman–Crippen MR) is 44.4 cm³/mol. The Morgan fingerprint density at radius 2 is 2.29 bits per heavy atom. The summed E-state index contributed by atoms with van der Waals surface area (Å²) in [5.74, 6) is -2.02. The van der Waals surface area contributed by atoms with Gasteiger partial charge in [0, 0.05) is 19.9 Å². The second-order valence-electron chi connectivity index (χ2n) is 3.04. The monoisotopic (exact) mass is 201 g/mol. The van der Waals surface area contributed by atoms with Crippen LogP contribution in [0.5, 0.6) is 0 Å². The van der Waals surface area contributed by atoms with E-state index in [0.29, 0.717) is 13.0 Å². The fourth-order valence-electron chi connectivity index (χ4n) is 1.34. The van der Waals surface area contributed by atoms with Gasteiger partial charge in [0.15, 0.2) is 6.10 Å². The van der Waals surface area contributed by atoms with E-state index in [1.165, 1.54) is 6.92 Å². The molecule has 1 unspecified atom stereocenters. The van der Waals surface area contributed by atoms with Gasteiger partial charge >= 0.3 is 11.9 Å². The number of carbonyl (C=O) groups excluding carboxylic acids is 2. The Bertz CT molecular complexity index is 249. The lowest BCUT2D eigenvalue weighted by atomic mass is 10.3. The summed E-state index contributed by atoms with van der Waals surface area (Å²) >= 11 is 0. The first-order valence-electron chi connectivity index (χ1n) is 4.18. The van der Waals surface area contributed by atoms with E-state index in [2.05, 4.69) is 0 Å². The van der Waals surface area contributed by atoms with Crippen molar-refractivity contribution >= 4 is 17.8 Å². The van der Waals surface area contributed by atoms with Crippen molar-refractivity contribution < 1.29 is 24.2 Å². The molecule has 0 spiro atoms. The minimum Gasteiger partial charge on any atom is -0.480 e. The number of carboxylic acids is 1. The Labute approximate surface area is 80.4 Å². The van der Waals surface area contributed by atoms with E-state index in [-0.39, 0.29) is 6.54 Å². The summed E-state index contributed by atoms with van der Waals surface area (Å²) in [5.41, 5.74) is 0. The predicted octanol–water partition coefficient (Wildman–Crippen LogP) is -0.765. The summed E-state index contributed by atoms with van der Waals surface area (Å²) in [6.07, 6.45) is -0.432. The van der Waals surface area contributed by atoms with Gasteiger partial charge in [-0.2, -0.15) is 0 Å². The number of likely N-dealkylation sites (tertiary alicyclic amines) is 1. The van der Waals surface area contributed by atoms with Crippen molar-refractivity contribution in [3.05, 3.63) is 0 Å². The molecule has 1 atom stereocenters. The number of nitrogens with zero attached hydrogens (tertiary/aromatic N) is 1. The van der Waals surface area contributed by atoms with E-state index in [1.54, 1.807) is 0 Å². The molecule has 1 aliphatic heterocycles. The molecule has 6 heteroatoms. The number of amides is 1. The number of aliphatic carboxylic acids is 1. The number of hydrogen-bond donors (Lipinski definition) is 1. The van der Waals surface area contributed by atoms with Gasteiger partial charge in [0.25, 0.3) is 5.91 Å². The Hall–Kier alpha value is -1.59. The summed E-state index contributed by atoms with van der Waals surface area (Å²) < 4.78 is 4.71. The molecule has 0 saturated carbocycles. The van der Waals surface area contributed by atoms with Crippen LogP contribution in [-0.2, 0) is 19.1 Å². The van der Waals surface area contributed by atoms with Gasteiger partial charge in [-0.25, -0.2) is 0 Å². The Kier molecular flexibility index (Phi) is 3.06. The molecule has 1 amide bonds. The minimum absolute atomic E-state index is 0.323. The van der Waals surface area contributed by atoms with Crippen LogP contribution in [0, 0.1) is 0 Å². The molecule has 0 aromatic heterocycles. The van der Waals surface area contributed by atoms with Gasteiger partial charge in [-0.05, 0) is 0 Å². The van der Waals surface area contributed by atoms with E-state index >= 15 is 0 Å². The lowest BCUT2D eigenvalue weighted by Crippen LogP contribution is -2.35. The van der Waals surface area contributed by atoms with Gasteiger partial charge in [0.05, 0.1) is 0 Å². The number of rotatable bonds is 3. The third-order valence-corrected chi connectivity index (χ3v) is 1.88. The number of hydrogen-bond acceptors (Lipinski definition) is 4. The van der Waals surface area contributed by atoms with Crippen molar-refractivity contribution in [1.82, 2.24) is 4.90 Å². The van der Waals surface area contributed by atoms with Gasteiger partial charge in [-0.1, -0.05) is 0 Å². The van der Waals surface area contributed by atoms with Gasteiger partial charge < -0.3 is 14.7 Å². The summed E-state index contributed by atoms with van der Waals surface area (Å²) in [6.45, 7) is 1.20. The molecule has 1 heterocycles. The quantitative estimate of drug-likeness (QED) is 0.606. The zero-order valence-corrected chi connectivity index (χ0v) is 7.73. The molecular formula is C8H11NO5. The molecule has 14 heavy (non-hydrogen) atoms. The Morgan fingerprint density at radius 1 is 1.64 bits per heavy atom. The van der Waals surface area contributed by atoms with E-state index < -0.39 is 23.9 Å². The van der Waals surface area contributed by atoms with Crippen LogP contribution in [0.1, 0.15) is 13.3 Å². The number of carboxylic acid groups (broad SMARTS) is 1. The number of ether oxygens (including phenoxy) is 1. The Balaban J connectivity index is 2.51. The molecule has 0 radical (unpaired) electrons. The van der Waals surface area contributed by atoms with Gasteiger partial charge in [-0.3, -0.25) is 14.4 Å². The second-order valence-corrected chi connectivity index (χ2v) is 3.04. The van der Waals surface area contributed by atoms with Crippen LogP contribution < -0.4 is 0 Å². The molecule has 0 aromatic carbocycles. The molecule has 1 rings (SSSR count). The zero-order chi connectivity index (χ0) is 10.7. The van der Waals surface area contributed by atoms with Crippen molar-refractivity contribution in [1.29, 1.82) is 0 Å². The molecule has 6 nitrogen and oxygen atoms in total. The topological polar surface area (TPSA) is 83.9 Å². The molecule has 0 bridgehead atoms. The van der Waals surface area contributed by atoms with Gasteiger partial charge in [0.2, 0.25) is 0 Å². The summed E-state index contributed by atoms with van der Waals surface area (Å²) in [4.78, 5) is 33.4. The second kappa shape index (κ2) is 4.08. The average Bonchev–Trinajstić information content (AvgIpc) is 2.34. The third kappa shape index (κ3) is 2.45. The van der Waals surface area contributed by atoms with Gasteiger partial charge in [-0.15, -0.1) is 0 Å². The highest BCUT2D eigenvalue weighted by Crippen LogP contribution is 2.14. The highest BCUT2D eigenvalue weighted by Gasteiger charge is 2.34. The molecule has 1 fully saturated rings. The summed E-state index contributed by atoms with van der Waals surface area (Å²) in [6, 6.07) is 0. The van der Waals surface area contributed by atoms with Crippen LogP contribution in [0.3, 0.4) is 0 Å². The van der Waals surface area contributed by atoms with Crippen LogP contribution in [0.25, 0.3) is 0 Å². The number of carbonyl (C=O) groups is 3. The largest absolute Gasteiger partial charge is 0.480 e. The van der Waals surface area contributed by atoms with Crippen molar-refractivity contribution in [2.75, 3.05) is 13.1 Å². The van der Waals surface area contributed by atoms with E-state index in [0.717, 1.165) is 4.90 Å². The maximum absolute atomic E-state index is 11.4. The maximum Gasteiger partial charge on any atom is 0.323 e. The van der Waals surface area contributed by atoms with Crippen LogP contribution in [0.4, 0.5) is 0 Å². The third-order valence-electron chi connectivity index (χ3n) is 1.88.